The summed E-state index contributed by atoms with van der Waals surface area (Å²) in [6.45, 7) is 1.45. The van der Waals surface area contributed by atoms with Crippen LogP contribution in [0.15, 0.2) is 67.1 Å². The fourth-order valence-corrected chi connectivity index (χ4v) is 5.01. The molecule has 2 aliphatic rings. The van der Waals surface area contributed by atoms with E-state index in [9.17, 15) is 9.90 Å². The van der Waals surface area contributed by atoms with Crippen LogP contribution in [0.1, 0.15) is 36.4 Å². The van der Waals surface area contributed by atoms with Crippen LogP contribution < -0.4 is 0 Å². The summed E-state index contributed by atoms with van der Waals surface area (Å²) in [5.41, 5.74) is 4.67. The normalized spacial score (nSPS) is 19.4. The average Bonchev–Trinajstić information content (AvgIpc) is 3.37. The number of carbonyl (C=O) groups excluding carboxylic acids is 1. The van der Waals surface area contributed by atoms with Crippen molar-refractivity contribution >= 4 is 5.91 Å². The van der Waals surface area contributed by atoms with Crippen molar-refractivity contribution in [2.45, 2.75) is 37.8 Å². The Hall–Kier alpha value is -2.92. The maximum absolute atomic E-state index is 12.6. The summed E-state index contributed by atoms with van der Waals surface area (Å²) in [6, 6.07) is 18.4. The Morgan fingerprint density at radius 1 is 1.07 bits per heavy atom. The van der Waals surface area contributed by atoms with Crippen molar-refractivity contribution in [1.29, 1.82) is 0 Å². The van der Waals surface area contributed by atoms with Gasteiger partial charge in [0.25, 0.3) is 0 Å². The summed E-state index contributed by atoms with van der Waals surface area (Å²) in [4.78, 5) is 18.9. The predicted molar refractivity (Wildman–Crippen MR) is 116 cm³/mol. The number of aliphatic hydroxyl groups is 1. The van der Waals surface area contributed by atoms with Gasteiger partial charge in [0.05, 0.1) is 36.8 Å². The molecule has 1 aromatic heterocycles. The monoisotopic (exact) mass is 401 g/mol. The lowest BCUT2D eigenvalue weighted by Crippen LogP contribution is -2.42. The third-order valence-electron chi connectivity index (χ3n) is 6.70. The van der Waals surface area contributed by atoms with Crippen LogP contribution in [0.4, 0.5) is 0 Å². The minimum atomic E-state index is -0.386. The summed E-state index contributed by atoms with van der Waals surface area (Å²) in [7, 11) is 0. The van der Waals surface area contributed by atoms with E-state index < -0.39 is 0 Å². The van der Waals surface area contributed by atoms with E-state index in [1.165, 1.54) is 11.1 Å². The molecule has 154 valence electrons. The molecule has 1 saturated heterocycles. The second kappa shape index (κ2) is 8.07. The number of imidazole rings is 1. The number of likely N-dealkylation sites (tertiary alicyclic amines) is 1. The highest BCUT2D eigenvalue weighted by Gasteiger charge is 2.33. The molecule has 30 heavy (non-hydrogen) atoms. The van der Waals surface area contributed by atoms with Crippen LogP contribution >= 0.6 is 0 Å². The fourth-order valence-electron chi connectivity index (χ4n) is 5.01. The Kier molecular flexibility index (Phi) is 5.13. The van der Waals surface area contributed by atoms with Gasteiger partial charge in [0, 0.05) is 18.7 Å². The predicted octanol–water partition coefficient (Wildman–Crippen LogP) is 3.69. The molecule has 2 atom stereocenters. The fraction of sp³-hybridized carbons (Fsp3) is 0.360. The number of carbonyl (C=O) groups is 1. The van der Waals surface area contributed by atoms with Crippen LogP contribution in [0.3, 0.4) is 0 Å². The molecular formula is C25H27N3O2. The number of aliphatic hydroxyl groups excluding tert-OH is 1. The molecule has 1 fully saturated rings. The van der Waals surface area contributed by atoms with E-state index in [1.54, 1.807) is 0 Å². The molecule has 2 aromatic carbocycles. The summed E-state index contributed by atoms with van der Waals surface area (Å²) in [6.07, 6.45) is 6.24. The van der Waals surface area contributed by atoms with Crippen LogP contribution in [0.2, 0.25) is 0 Å². The number of hydrogen-bond donors (Lipinski definition) is 1. The molecule has 1 N–H and O–H groups in total. The van der Waals surface area contributed by atoms with E-state index in [0.717, 1.165) is 37.2 Å². The highest BCUT2D eigenvalue weighted by Crippen LogP contribution is 2.42. The Morgan fingerprint density at radius 3 is 2.60 bits per heavy atom. The van der Waals surface area contributed by atoms with Gasteiger partial charge < -0.3 is 14.6 Å². The molecule has 0 spiro atoms. The first-order valence-corrected chi connectivity index (χ1v) is 10.8. The zero-order valence-electron chi connectivity index (χ0n) is 17.0. The SMILES string of the molecule is O=C(Cc1ccccc1)N1CCC([C@H](O)C[C@H]2c3ccccc3-c3cncn32)CC1. The molecule has 0 radical (unpaired) electrons. The van der Waals surface area contributed by atoms with Gasteiger partial charge in [0.15, 0.2) is 0 Å². The first kappa shape index (κ1) is 19.1. The van der Waals surface area contributed by atoms with Gasteiger partial charge in [-0.2, -0.15) is 0 Å². The maximum Gasteiger partial charge on any atom is 0.226 e. The number of piperidine rings is 1. The van der Waals surface area contributed by atoms with Gasteiger partial charge >= 0.3 is 0 Å². The Morgan fingerprint density at radius 2 is 1.80 bits per heavy atom. The van der Waals surface area contributed by atoms with Crippen molar-refractivity contribution in [2.24, 2.45) is 5.92 Å². The largest absolute Gasteiger partial charge is 0.393 e. The van der Waals surface area contributed by atoms with Crippen LogP contribution in [0.25, 0.3) is 11.3 Å². The van der Waals surface area contributed by atoms with Crippen LogP contribution in [-0.2, 0) is 11.2 Å². The zero-order chi connectivity index (χ0) is 20.5. The molecule has 3 heterocycles. The van der Waals surface area contributed by atoms with Gasteiger partial charge in [0.1, 0.15) is 0 Å². The molecule has 0 bridgehead atoms. The maximum atomic E-state index is 12.6. The van der Waals surface area contributed by atoms with E-state index in [-0.39, 0.29) is 24.0 Å². The number of nitrogens with zero attached hydrogens (tertiary/aromatic N) is 3. The molecule has 2 aliphatic heterocycles. The Balaban J connectivity index is 1.20. The van der Waals surface area contributed by atoms with Gasteiger partial charge in [-0.1, -0.05) is 54.6 Å². The van der Waals surface area contributed by atoms with Crippen LogP contribution in [0, 0.1) is 5.92 Å². The number of benzene rings is 2. The quantitative estimate of drug-likeness (QED) is 0.709. The molecule has 5 rings (SSSR count). The lowest BCUT2D eigenvalue weighted by molar-refractivity contribution is -0.132. The van der Waals surface area contributed by atoms with E-state index in [2.05, 4.69) is 33.8 Å². The Labute approximate surface area is 177 Å². The summed E-state index contributed by atoms with van der Waals surface area (Å²) < 4.78 is 2.19. The average molecular weight is 402 g/mol. The van der Waals surface area contributed by atoms with Gasteiger partial charge in [0.2, 0.25) is 5.91 Å². The minimum absolute atomic E-state index is 0.131. The van der Waals surface area contributed by atoms with Gasteiger partial charge in [-0.05, 0) is 36.3 Å². The first-order valence-electron chi connectivity index (χ1n) is 10.8. The molecule has 0 unspecified atom stereocenters. The zero-order valence-corrected chi connectivity index (χ0v) is 17.0. The van der Waals surface area contributed by atoms with Gasteiger partial charge in [-0.15, -0.1) is 0 Å². The smallest absolute Gasteiger partial charge is 0.226 e. The van der Waals surface area contributed by atoms with E-state index in [1.807, 2.05) is 47.8 Å². The van der Waals surface area contributed by atoms with E-state index >= 15 is 0 Å². The first-order chi connectivity index (χ1) is 14.7. The van der Waals surface area contributed by atoms with Crippen molar-refractivity contribution in [3.05, 3.63) is 78.2 Å². The summed E-state index contributed by atoms with van der Waals surface area (Å²) in [5, 5.41) is 11.0. The van der Waals surface area contributed by atoms with Crippen molar-refractivity contribution in [3.63, 3.8) is 0 Å². The third-order valence-corrected chi connectivity index (χ3v) is 6.70. The second-order valence-corrected chi connectivity index (χ2v) is 8.47. The molecule has 0 saturated carbocycles. The van der Waals surface area contributed by atoms with Crippen molar-refractivity contribution in [1.82, 2.24) is 14.5 Å². The number of rotatable bonds is 5. The molecule has 5 nitrogen and oxygen atoms in total. The van der Waals surface area contributed by atoms with Crippen LogP contribution in [0.5, 0.6) is 0 Å². The topological polar surface area (TPSA) is 58.4 Å². The minimum Gasteiger partial charge on any atom is -0.393 e. The van der Waals surface area contributed by atoms with E-state index in [4.69, 9.17) is 0 Å². The van der Waals surface area contributed by atoms with E-state index in [0.29, 0.717) is 12.8 Å². The Bertz CT molecular complexity index is 1020. The molecular weight excluding hydrogens is 374 g/mol. The standard InChI is InChI=1S/C25H27N3O2/c29-24(15-22-20-8-4-5-9-21(20)23-16-26-17-28(22)23)19-10-12-27(13-11-19)25(30)14-18-6-2-1-3-7-18/h1-9,16-17,19,22,24,29H,10-15H2/t22-,24+/m0/s1. The third kappa shape index (κ3) is 3.54. The van der Waals surface area contributed by atoms with Gasteiger partial charge in [-0.25, -0.2) is 4.98 Å². The van der Waals surface area contributed by atoms with Crippen molar-refractivity contribution in [2.75, 3.05) is 13.1 Å². The summed E-state index contributed by atoms with van der Waals surface area (Å²) >= 11 is 0. The lowest BCUT2D eigenvalue weighted by Gasteiger charge is -2.35. The highest BCUT2D eigenvalue weighted by molar-refractivity contribution is 5.78. The summed E-state index contributed by atoms with van der Waals surface area (Å²) in [5.74, 6) is 0.410. The van der Waals surface area contributed by atoms with Gasteiger partial charge in [-0.3, -0.25) is 4.79 Å². The van der Waals surface area contributed by atoms with Crippen molar-refractivity contribution < 1.29 is 9.90 Å². The highest BCUT2D eigenvalue weighted by atomic mass is 16.3. The molecule has 3 aromatic rings. The number of hydrogen-bond acceptors (Lipinski definition) is 3. The lowest BCUT2D eigenvalue weighted by atomic mass is 9.86. The molecule has 0 aliphatic carbocycles. The second-order valence-electron chi connectivity index (χ2n) is 8.47. The molecule has 1 amide bonds. The number of aromatic nitrogens is 2. The van der Waals surface area contributed by atoms with Crippen molar-refractivity contribution in [3.8, 4) is 11.3 Å². The van der Waals surface area contributed by atoms with Crippen LogP contribution in [-0.4, -0.2) is 44.7 Å². The molecule has 5 heteroatoms. The number of amides is 1. The number of fused-ring (bicyclic) bond motifs is 3.